The maximum atomic E-state index is 12.4. The van der Waals surface area contributed by atoms with Gasteiger partial charge in [0, 0.05) is 12.1 Å². The van der Waals surface area contributed by atoms with Crippen molar-refractivity contribution in [1.29, 1.82) is 0 Å². The Bertz CT molecular complexity index is 735. The van der Waals surface area contributed by atoms with Crippen LogP contribution in [0.3, 0.4) is 0 Å². The van der Waals surface area contributed by atoms with Gasteiger partial charge in [-0.2, -0.15) is 0 Å². The minimum absolute atomic E-state index is 0.138. The van der Waals surface area contributed by atoms with Crippen LogP contribution in [0.15, 0.2) is 18.2 Å². The normalized spacial score (nSPS) is 13.7. The molecule has 0 saturated carbocycles. The summed E-state index contributed by atoms with van der Waals surface area (Å²) in [6.45, 7) is 18.0. The van der Waals surface area contributed by atoms with E-state index in [9.17, 15) is 14.7 Å². The molecule has 0 aliphatic rings. The van der Waals surface area contributed by atoms with Crippen LogP contribution in [0.5, 0.6) is 11.5 Å². The molecule has 0 amide bonds. The van der Waals surface area contributed by atoms with Gasteiger partial charge in [-0.05, 0) is 49.3 Å². The van der Waals surface area contributed by atoms with Crippen LogP contribution in [0.4, 0.5) is 0 Å². The summed E-state index contributed by atoms with van der Waals surface area (Å²) in [7, 11) is 0. The zero-order valence-corrected chi connectivity index (χ0v) is 20.0. The van der Waals surface area contributed by atoms with E-state index in [4.69, 9.17) is 9.47 Å². The third-order valence-corrected chi connectivity index (χ3v) is 3.98. The Labute approximate surface area is 181 Å². The number of nitrogens with one attached hydrogen (secondary N) is 1. The zero-order valence-electron chi connectivity index (χ0n) is 20.0. The Balaban J connectivity index is 3.11. The largest absolute Gasteiger partial charge is 0.423 e. The highest BCUT2D eigenvalue weighted by molar-refractivity contribution is 5.77. The van der Waals surface area contributed by atoms with E-state index in [1.807, 2.05) is 62.3 Å². The van der Waals surface area contributed by atoms with E-state index in [1.165, 1.54) is 0 Å². The molecule has 0 aliphatic carbocycles. The number of carbonyl (C=O) groups is 2. The summed E-state index contributed by atoms with van der Waals surface area (Å²) < 4.78 is 11.0. The number of β-amino-alcohol motifs (C(OH)–C–C–N with tert-alkyl or cyclic N) is 1. The standard InChI is InChI=1S/C24H39NO5/c1-22(2,3)13-20(27)29-18-11-10-16(17(26)15-25-24(7,8)9)12-19(18)30-21(28)14-23(4,5)6/h10-12,17,25-26H,13-15H2,1-9H3. The fourth-order valence-electron chi connectivity index (χ4n) is 2.60. The van der Waals surface area contributed by atoms with Crippen LogP contribution in [-0.2, 0) is 9.59 Å². The van der Waals surface area contributed by atoms with E-state index >= 15 is 0 Å². The number of hydrogen-bond acceptors (Lipinski definition) is 6. The number of carbonyl (C=O) groups excluding carboxylic acids is 2. The van der Waals surface area contributed by atoms with E-state index in [0.717, 1.165) is 0 Å². The summed E-state index contributed by atoms with van der Waals surface area (Å²) >= 11 is 0. The molecule has 1 aromatic carbocycles. The Morgan fingerprint density at radius 3 is 1.77 bits per heavy atom. The first-order chi connectivity index (χ1) is 13.5. The van der Waals surface area contributed by atoms with Gasteiger partial charge in [-0.25, -0.2) is 0 Å². The van der Waals surface area contributed by atoms with Crippen LogP contribution in [0.1, 0.15) is 86.8 Å². The van der Waals surface area contributed by atoms with Crippen LogP contribution in [0.25, 0.3) is 0 Å². The highest BCUT2D eigenvalue weighted by Gasteiger charge is 2.23. The van der Waals surface area contributed by atoms with Crippen LogP contribution >= 0.6 is 0 Å². The van der Waals surface area contributed by atoms with E-state index in [2.05, 4.69) is 5.32 Å². The third-order valence-electron chi connectivity index (χ3n) is 3.98. The summed E-state index contributed by atoms with van der Waals surface area (Å²) in [6.07, 6.45) is -0.369. The molecule has 0 aliphatic heterocycles. The molecule has 6 nitrogen and oxygen atoms in total. The highest BCUT2D eigenvalue weighted by Crippen LogP contribution is 2.33. The first-order valence-electron chi connectivity index (χ1n) is 10.4. The summed E-state index contributed by atoms with van der Waals surface area (Å²) in [5.41, 5.74) is -0.0465. The lowest BCUT2D eigenvalue weighted by molar-refractivity contribution is -0.139. The molecular formula is C24H39NO5. The van der Waals surface area contributed by atoms with Gasteiger partial charge in [0.25, 0.3) is 0 Å². The Hall–Kier alpha value is -1.92. The molecule has 1 atom stereocenters. The van der Waals surface area contributed by atoms with E-state index in [0.29, 0.717) is 12.1 Å². The van der Waals surface area contributed by atoms with E-state index in [1.54, 1.807) is 18.2 Å². The minimum Gasteiger partial charge on any atom is -0.423 e. The predicted molar refractivity (Wildman–Crippen MR) is 119 cm³/mol. The van der Waals surface area contributed by atoms with Crippen molar-refractivity contribution in [3.63, 3.8) is 0 Å². The molecule has 30 heavy (non-hydrogen) atoms. The topological polar surface area (TPSA) is 84.9 Å². The minimum atomic E-state index is -0.802. The lowest BCUT2D eigenvalue weighted by atomic mass is 9.92. The van der Waals surface area contributed by atoms with Crippen molar-refractivity contribution < 1.29 is 24.2 Å². The van der Waals surface area contributed by atoms with Gasteiger partial charge in [-0.1, -0.05) is 47.6 Å². The second kappa shape index (κ2) is 9.92. The van der Waals surface area contributed by atoms with Crippen molar-refractivity contribution in [2.24, 2.45) is 10.8 Å². The fourth-order valence-corrected chi connectivity index (χ4v) is 2.60. The molecule has 0 saturated heterocycles. The van der Waals surface area contributed by atoms with Gasteiger partial charge in [0.2, 0.25) is 0 Å². The molecular weight excluding hydrogens is 382 g/mol. The van der Waals surface area contributed by atoms with Gasteiger partial charge >= 0.3 is 11.9 Å². The zero-order chi connectivity index (χ0) is 23.3. The number of rotatable bonds is 7. The van der Waals surface area contributed by atoms with Crippen LogP contribution in [0.2, 0.25) is 0 Å². The van der Waals surface area contributed by atoms with Gasteiger partial charge in [0.1, 0.15) is 0 Å². The Kier molecular flexibility index (Phi) is 8.64. The van der Waals surface area contributed by atoms with Crippen LogP contribution in [-0.4, -0.2) is 29.1 Å². The average molecular weight is 422 g/mol. The maximum absolute atomic E-state index is 12.4. The number of benzene rings is 1. The van der Waals surface area contributed by atoms with Crippen molar-refractivity contribution in [1.82, 2.24) is 5.32 Å². The van der Waals surface area contributed by atoms with Gasteiger partial charge in [-0.3, -0.25) is 9.59 Å². The molecule has 1 aromatic rings. The SMILES string of the molecule is CC(C)(C)CC(=O)Oc1ccc(C(O)CNC(C)(C)C)cc1OC(=O)CC(C)(C)C. The summed E-state index contributed by atoms with van der Waals surface area (Å²) in [6, 6.07) is 4.81. The summed E-state index contributed by atoms with van der Waals surface area (Å²) in [5, 5.41) is 13.8. The molecule has 1 unspecified atom stereocenters. The second-order valence-electron chi connectivity index (χ2n) is 11.3. The van der Waals surface area contributed by atoms with Crippen LogP contribution in [0, 0.1) is 10.8 Å². The number of esters is 2. The van der Waals surface area contributed by atoms with Crippen molar-refractivity contribution in [3.8, 4) is 11.5 Å². The molecule has 0 aromatic heterocycles. The summed E-state index contributed by atoms with van der Waals surface area (Å²) in [5.74, 6) is -0.515. The number of aliphatic hydroxyl groups is 1. The molecule has 2 N–H and O–H groups in total. The van der Waals surface area contributed by atoms with Crippen LogP contribution < -0.4 is 14.8 Å². The molecule has 0 spiro atoms. The first kappa shape index (κ1) is 26.1. The molecule has 0 fully saturated rings. The monoisotopic (exact) mass is 421 g/mol. The molecule has 0 bridgehead atoms. The number of aliphatic hydroxyl groups excluding tert-OH is 1. The molecule has 170 valence electrons. The van der Waals surface area contributed by atoms with Gasteiger partial charge < -0.3 is 19.9 Å². The maximum Gasteiger partial charge on any atom is 0.311 e. The van der Waals surface area contributed by atoms with Gasteiger partial charge in [-0.15, -0.1) is 0 Å². The van der Waals surface area contributed by atoms with Gasteiger partial charge in [0.15, 0.2) is 11.5 Å². The van der Waals surface area contributed by atoms with Crippen molar-refractivity contribution in [2.45, 2.75) is 86.8 Å². The molecule has 6 heteroatoms. The lowest BCUT2D eigenvalue weighted by Gasteiger charge is -2.23. The first-order valence-corrected chi connectivity index (χ1v) is 10.4. The summed E-state index contributed by atoms with van der Waals surface area (Å²) in [4.78, 5) is 24.7. The molecule has 0 heterocycles. The third kappa shape index (κ3) is 10.7. The molecule has 1 rings (SSSR count). The highest BCUT2D eigenvalue weighted by atomic mass is 16.6. The number of ether oxygens (including phenoxy) is 2. The predicted octanol–water partition coefficient (Wildman–Crippen LogP) is 4.79. The van der Waals surface area contributed by atoms with Crippen molar-refractivity contribution in [3.05, 3.63) is 23.8 Å². The fraction of sp³-hybridized carbons (Fsp3) is 0.667. The van der Waals surface area contributed by atoms with Crippen molar-refractivity contribution in [2.75, 3.05) is 6.54 Å². The Morgan fingerprint density at radius 2 is 1.33 bits per heavy atom. The van der Waals surface area contributed by atoms with E-state index < -0.39 is 18.0 Å². The lowest BCUT2D eigenvalue weighted by Crippen LogP contribution is -2.38. The quantitative estimate of drug-likeness (QED) is 0.486. The second-order valence-corrected chi connectivity index (χ2v) is 11.3. The van der Waals surface area contributed by atoms with Gasteiger partial charge in [0.05, 0.1) is 18.9 Å². The van der Waals surface area contributed by atoms with Crippen molar-refractivity contribution >= 4 is 11.9 Å². The molecule has 0 radical (unpaired) electrons. The Morgan fingerprint density at radius 1 is 0.867 bits per heavy atom. The average Bonchev–Trinajstić information content (AvgIpc) is 2.49. The smallest absolute Gasteiger partial charge is 0.311 e. The number of hydrogen-bond donors (Lipinski definition) is 2. The van der Waals surface area contributed by atoms with E-state index in [-0.39, 0.29) is 40.7 Å².